The number of fused-ring (bicyclic) bond motifs is 2. The van der Waals surface area contributed by atoms with Crippen molar-refractivity contribution in [3.63, 3.8) is 0 Å². The van der Waals surface area contributed by atoms with Crippen molar-refractivity contribution >= 4 is 54.5 Å². The molecule has 0 aliphatic rings. The molecule has 0 atom stereocenters. The van der Waals surface area contributed by atoms with Crippen LogP contribution in [0.3, 0.4) is 0 Å². The first-order valence-electron chi connectivity index (χ1n) is 12.6. The highest BCUT2D eigenvalue weighted by Crippen LogP contribution is 2.48. The Morgan fingerprint density at radius 3 is 1.41 bits per heavy atom. The number of aryl methyl sites for hydroxylation is 3. The Labute approximate surface area is 227 Å². The van der Waals surface area contributed by atoms with Crippen LogP contribution in [0.2, 0.25) is 0 Å². The number of anilines is 3. The second-order valence-corrected chi connectivity index (χ2v) is 10.8. The van der Waals surface area contributed by atoms with E-state index in [0.717, 1.165) is 15.8 Å². The average molecular weight is 543 g/mol. The largest absolute Gasteiger partial charge is 0.309 e. The Morgan fingerprint density at radius 1 is 0.486 bits per heavy atom. The zero-order valence-corrected chi connectivity index (χ0v) is 22.9. The molecule has 0 amide bonds. The molecular weight excluding hydrogens is 514 g/mol. The summed E-state index contributed by atoms with van der Waals surface area (Å²) in [5, 5.41) is 4.96. The van der Waals surface area contributed by atoms with Gasteiger partial charge in [-0.15, -0.1) is 0 Å². The maximum atomic E-state index is 3.74. The molecule has 0 aliphatic carbocycles. The van der Waals surface area contributed by atoms with Gasteiger partial charge in [-0.3, -0.25) is 0 Å². The Hall–Kier alpha value is -3.88. The summed E-state index contributed by atoms with van der Waals surface area (Å²) in [5.74, 6) is 0. The molecule has 0 fully saturated rings. The van der Waals surface area contributed by atoms with Crippen molar-refractivity contribution < 1.29 is 0 Å². The Kier molecular flexibility index (Phi) is 6.06. The lowest BCUT2D eigenvalue weighted by atomic mass is 9.89. The van der Waals surface area contributed by atoms with Gasteiger partial charge in [-0.2, -0.15) is 0 Å². The molecule has 6 aromatic rings. The van der Waals surface area contributed by atoms with Gasteiger partial charge >= 0.3 is 0 Å². The molecule has 37 heavy (non-hydrogen) atoms. The van der Waals surface area contributed by atoms with Crippen LogP contribution < -0.4 is 4.90 Å². The van der Waals surface area contributed by atoms with Gasteiger partial charge in [-0.25, -0.2) is 0 Å². The lowest BCUT2D eigenvalue weighted by molar-refractivity contribution is 1.29. The fourth-order valence-electron chi connectivity index (χ4n) is 5.33. The third-order valence-electron chi connectivity index (χ3n) is 7.04. The third-order valence-corrected chi connectivity index (χ3v) is 7.50. The molecule has 0 saturated carbocycles. The van der Waals surface area contributed by atoms with Gasteiger partial charge in [0.1, 0.15) is 0 Å². The molecule has 0 aliphatic heterocycles. The first-order valence-corrected chi connectivity index (χ1v) is 13.4. The van der Waals surface area contributed by atoms with Crippen molar-refractivity contribution in [1.82, 2.24) is 0 Å². The van der Waals surface area contributed by atoms with E-state index in [1.165, 1.54) is 55.0 Å². The van der Waals surface area contributed by atoms with Crippen LogP contribution in [0, 0.1) is 20.8 Å². The highest BCUT2D eigenvalue weighted by Gasteiger charge is 2.22. The summed E-state index contributed by atoms with van der Waals surface area (Å²) >= 11 is 3.74. The zero-order chi connectivity index (χ0) is 25.5. The minimum absolute atomic E-state index is 1.10. The quantitative estimate of drug-likeness (QED) is 0.200. The van der Waals surface area contributed by atoms with E-state index >= 15 is 0 Å². The van der Waals surface area contributed by atoms with E-state index in [9.17, 15) is 0 Å². The number of rotatable bonds is 4. The molecule has 0 spiro atoms. The Morgan fingerprint density at radius 2 is 0.946 bits per heavy atom. The molecule has 0 bridgehead atoms. The minimum Gasteiger partial charge on any atom is -0.309 e. The molecule has 0 radical (unpaired) electrons. The summed E-state index contributed by atoms with van der Waals surface area (Å²) in [7, 11) is 0. The number of hydrogen-bond donors (Lipinski definition) is 0. The van der Waals surface area contributed by atoms with E-state index in [0.29, 0.717) is 0 Å². The molecule has 6 rings (SSSR count). The van der Waals surface area contributed by atoms with Gasteiger partial charge in [0.25, 0.3) is 0 Å². The van der Waals surface area contributed by atoms with E-state index in [-0.39, 0.29) is 0 Å². The first-order chi connectivity index (χ1) is 18.0. The topological polar surface area (TPSA) is 3.24 Å². The summed E-state index contributed by atoms with van der Waals surface area (Å²) in [6.07, 6.45) is 0. The second kappa shape index (κ2) is 9.53. The van der Waals surface area contributed by atoms with Crippen molar-refractivity contribution in [2.75, 3.05) is 4.90 Å². The smallest absolute Gasteiger partial charge is 0.0618 e. The molecule has 0 unspecified atom stereocenters. The van der Waals surface area contributed by atoms with E-state index < -0.39 is 0 Å². The molecule has 0 saturated heterocycles. The van der Waals surface area contributed by atoms with Crippen molar-refractivity contribution in [2.45, 2.75) is 20.8 Å². The van der Waals surface area contributed by atoms with E-state index in [1.807, 2.05) is 0 Å². The maximum Gasteiger partial charge on any atom is 0.0618 e. The van der Waals surface area contributed by atoms with Gasteiger partial charge in [0.05, 0.1) is 5.69 Å². The Balaban J connectivity index is 1.76. The maximum absolute atomic E-state index is 3.74. The fourth-order valence-corrected chi connectivity index (χ4v) is 5.94. The van der Waals surface area contributed by atoms with Crippen LogP contribution in [-0.4, -0.2) is 0 Å². The van der Waals surface area contributed by atoms with Crippen molar-refractivity contribution in [3.8, 4) is 11.1 Å². The van der Waals surface area contributed by atoms with Crippen molar-refractivity contribution in [1.29, 1.82) is 0 Å². The first kappa shape index (κ1) is 23.5. The van der Waals surface area contributed by atoms with Crippen molar-refractivity contribution in [2.24, 2.45) is 0 Å². The molecular formula is C35H28BrN. The molecule has 6 aromatic carbocycles. The number of nitrogens with zero attached hydrogens (tertiary/aromatic N) is 1. The lowest BCUT2D eigenvalue weighted by Gasteiger charge is -2.29. The van der Waals surface area contributed by atoms with Gasteiger partial charge in [-0.05, 0) is 84.6 Å². The molecule has 180 valence electrons. The number of benzene rings is 6. The van der Waals surface area contributed by atoms with Crippen LogP contribution in [0.15, 0.2) is 120 Å². The van der Waals surface area contributed by atoms with Gasteiger partial charge in [0.15, 0.2) is 0 Å². The lowest BCUT2D eigenvalue weighted by Crippen LogP contribution is -2.11. The van der Waals surface area contributed by atoms with Crippen LogP contribution >= 0.6 is 15.9 Å². The summed E-state index contributed by atoms with van der Waals surface area (Å²) in [6, 6.07) is 42.0. The highest BCUT2D eigenvalue weighted by atomic mass is 79.9. The third kappa shape index (κ3) is 4.32. The Bertz CT molecular complexity index is 1630. The SMILES string of the molecule is Cc1ccc(N(c2ccc(C)cc2)c2c3ccccc3c(-c3cc(C)cc(Br)c3)c3ccccc23)cc1. The van der Waals surface area contributed by atoms with Gasteiger partial charge in [0.2, 0.25) is 0 Å². The van der Waals surface area contributed by atoms with Gasteiger partial charge in [0, 0.05) is 26.6 Å². The normalized spacial score (nSPS) is 11.2. The van der Waals surface area contributed by atoms with Gasteiger partial charge in [-0.1, -0.05) is 106 Å². The minimum atomic E-state index is 1.10. The van der Waals surface area contributed by atoms with Crippen molar-refractivity contribution in [3.05, 3.63) is 136 Å². The molecule has 0 N–H and O–H groups in total. The van der Waals surface area contributed by atoms with Crippen LogP contribution in [0.1, 0.15) is 16.7 Å². The van der Waals surface area contributed by atoms with E-state index in [4.69, 9.17) is 0 Å². The number of halogens is 1. The summed E-state index contributed by atoms with van der Waals surface area (Å²) < 4.78 is 1.10. The second-order valence-electron chi connectivity index (χ2n) is 9.84. The summed E-state index contributed by atoms with van der Waals surface area (Å²) in [4.78, 5) is 2.42. The monoisotopic (exact) mass is 541 g/mol. The summed E-state index contributed by atoms with van der Waals surface area (Å²) in [6.45, 7) is 6.43. The number of hydrogen-bond acceptors (Lipinski definition) is 1. The molecule has 0 heterocycles. The van der Waals surface area contributed by atoms with Crippen LogP contribution in [0.5, 0.6) is 0 Å². The van der Waals surface area contributed by atoms with Gasteiger partial charge < -0.3 is 4.90 Å². The molecule has 1 nitrogen and oxygen atoms in total. The fraction of sp³-hybridized carbons (Fsp3) is 0.0857. The van der Waals surface area contributed by atoms with E-state index in [2.05, 4.69) is 157 Å². The highest BCUT2D eigenvalue weighted by molar-refractivity contribution is 9.10. The molecule has 0 aromatic heterocycles. The standard InChI is InChI=1S/C35H28BrN/c1-23-12-16-28(17-13-23)37(29-18-14-24(2)15-19-29)35-32-10-6-4-8-30(32)34(31-9-5-7-11-33(31)35)26-20-25(3)21-27(36)22-26/h4-22H,1-3H3. The molecule has 2 heteroatoms. The predicted molar refractivity (Wildman–Crippen MR) is 163 cm³/mol. The predicted octanol–water partition coefficient (Wildman–Crippen LogP) is 10.8. The van der Waals surface area contributed by atoms with Crippen LogP contribution in [-0.2, 0) is 0 Å². The van der Waals surface area contributed by atoms with Crippen LogP contribution in [0.4, 0.5) is 17.1 Å². The zero-order valence-electron chi connectivity index (χ0n) is 21.3. The average Bonchev–Trinajstić information content (AvgIpc) is 2.90. The van der Waals surface area contributed by atoms with E-state index in [1.54, 1.807) is 0 Å². The summed E-state index contributed by atoms with van der Waals surface area (Å²) in [5.41, 5.74) is 9.74. The van der Waals surface area contributed by atoms with Crippen LogP contribution in [0.25, 0.3) is 32.7 Å².